The van der Waals surface area contributed by atoms with E-state index in [-0.39, 0.29) is 6.03 Å². The minimum absolute atomic E-state index is 0.349. The zero-order valence-corrected chi connectivity index (χ0v) is 12.8. The van der Waals surface area contributed by atoms with E-state index in [4.69, 9.17) is 11.6 Å². The van der Waals surface area contributed by atoms with Gasteiger partial charge in [-0.15, -0.1) is 0 Å². The van der Waals surface area contributed by atoms with E-state index < -0.39 is 0 Å². The Hall–Kier alpha value is -2.60. The highest BCUT2D eigenvalue weighted by Crippen LogP contribution is 2.17. The fourth-order valence-corrected chi connectivity index (χ4v) is 2.37. The summed E-state index contributed by atoms with van der Waals surface area (Å²) in [5.41, 5.74) is 2.97. The molecule has 0 unspecified atom stereocenters. The molecule has 0 radical (unpaired) electrons. The summed E-state index contributed by atoms with van der Waals surface area (Å²) in [6.07, 6.45) is 1.72. The van der Waals surface area contributed by atoms with E-state index in [1.807, 2.05) is 19.9 Å². The number of urea groups is 1. The Morgan fingerprint density at radius 1 is 1.18 bits per heavy atom. The number of nitrogens with one attached hydrogen (secondary N) is 2. The fourth-order valence-electron chi connectivity index (χ4n) is 2.18. The molecule has 22 heavy (non-hydrogen) atoms. The number of benzene rings is 1. The first kappa shape index (κ1) is 14.3. The van der Waals surface area contributed by atoms with E-state index in [2.05, 4.69) is 20.7 Å². The molecule has 6 nitrogen and oxygen atoms in total. The van der Waals surface area contributed by atoms with Crippen LogP contribution in [-0.4, -0.2) is 20.6 Å². The van der Waals surface area contributed by atoms with Crippen LogP contribution in [0, 0.1) is 13.8 Å². The molecule has 2 amide bonds. The first-order valence-electron chi connectivity index (χ1n) is 6.68. The van der Waals surface area contributed by atoms with Crippen molar-refractivity contribution in [3.8, 4) is 0 Å². The number of aryl methyl sites for hydroxylation is 2. The van der Waals surface area contributed by atoms with Crippen LogP contribution >= 0.6 is 11.6 Å². The number of halogens is 1. The van der Waals surface area contributed by atoms with Crippen molar-refractivity contribution in [1.82, 2.24) is 14.6 Å². The van der Waals surface area contributed by atoms with E-state index in [1.165, 1.54) is 0 Å². The highest BCUT2D eigenvalue weighted by molar-refractivity contribution is 6.30. The maximum Gasteiger partial charge on any atom is 0.323 e. The average molecular weight is 316 g/mol. The number of hydrogen-bond donors (Lipinski definition) is 2. The van der Waals surface area contributed by atoms with Gasteiger partial charge in [-0.25, -0.2) is 14.3 Å². The molecule has 0 saturated carbocycles. The number of carbonyl (C=O) groups excluding carboxylic acids is 1. The number of carbonyl (C=O) groups is 1. The van der Waals surface area contributed by atoms with Gasteiger partial charge in [-0.3, -0.25) is 0 Å². The van der Waals surface area contributed by atoms with Gasteiger partial charge in [-0.2, -0.15) is 5.10 Å². The lowest BCUT2D eigenvalue weighted by molar-refractivity contribution is 0.262. The van der Waals surface area contributed by atoms with Gasteiger partial charge in [0, 0.05) is 10.7 Å². The van der Waals surface area contributed by atoms with Crippen LogP contribution in [0.3, 0.4) is 0 Å². The zero-order chi connectivity index (χ0) is 15.7. The van der Waals surface area contributed by atoms with Gasteiger partial charge in [0.25, 0.3) is 0 Å². The molecule has 3 aromatic rings. The Labute approximate surface area is 132 Å². The number of anilines is 2. The Balaban J connectivity index is 1.79. The predicted molar refractivity (Wildman–Crippen MR) is 86.6 cm³/mol. The highest BCUT2D eigenvalue weighted by atomic mass is 35.5. The maximum atomic E-state index is 12.0. The summed E-state index contributed by atoms with van der Waals surface area (Å²) in [5, 5.41) is 10.3. The van der Waals surface area contributed by atoms with E-state index in [9.17, 15) is 4.79 Å². The number of pyridine rings is 1. The Morgan fingerprint density at radius 3 is 2.73 bits per heavy atom. The van der Waals surface area contributed by atoms with Gasteiger partial charge >= 0.3 is 6.03 Å². The molecule has 2 heterocycles. The SMILES string of the molecule is Cc1nc2c(C)cc(NC(=O)Nc3cccc(Cl)c3)cn2n1. The van der Waals surface area contributed by atoms with E-state index >= 15 is 0 Å². The molecular formula is C15H14ClN5O. The van der Waals surface area contributed by atoms with Gasteiger partial charge in [0.2, 0.25) is 0 Å². The summed E-state index contributed by atoms with van der Waals surface area (Å²) in [5.74, 6) is 0.684. The molecule has 7 heteroatoms. The van der Waals surface area contributed by atoms with Gasteiger partial charge in [-0.1, -0.05) is 17.7 Å². The quantitative estimate of drug-likeness (QED) is 0.758. The average Bonchev–Trinajstić information content (AvgIpc) is 2.79. The lowest BCUT2D eigenvalue weighted by Crippen LogP contribution is -2.19. The number of rotatable bonds is 2. The smallest absolute Gasteiger partial charge is 0.308 e. The summed E-state index contributed by atoms with van der Waals surface area (Å²) in [4.78, 5) is 16.4. The van der Waals surface area contributed by atoms with Gasteiger partial charge < -0.3 is 10.6 Å². The molecule has 0 aliphatic carbocycles. The summed E-state index contributed by atoms with van der Waals surface area (Å²) < 4.78 is 1.65. The van der Waals surface area contributed by atoms with Crippen LogP contribution in [0.15, 0.2) is 36.5 Å². The lowest BCUT2D eigenvalue weighted by Gasteiger charge is -2.09. The number of amides is 2. The minimum atomic E-state index is -0.349. The molecule has 0 atom stereocenters. The van der Waals surface area contributed by atoms with Crippen molar-refractivity contribution in [3.63, 3.8) is 0 Å². The van der Waals surface area contributed by atoms with Crippen molar-refractivity contribution in [3.05, 3.63) is 52.9 Å². The van der Waals surface area contributed by atoms with Crippen LogP contribution < -0.4 is 10.6 Å². The summed E-state index contributed by atoms with van der Waals surface area (Å²) >= 11 is 5.89. The van der Waals surface area contributed by atoms with Crippen molar-refractivity contribution in [2.24, 2.45) is 0 Å². The van der Waals surface area contributed by atoms with Gasteiger partial charge in [0.1, 0.15) is 5.82 Å². The van der Waals surface area contributed by atoms with Gasteiger partial charge in [-0.05, 0) is 43.7 Å². The fraction of sp³-hybridized carbons (Fsp3) is 0.133. The molecule has 2 N–H and O–H groups in total. The first-order chi connectivity index (χ1) is 10.5. The predicted octanol–water partition coefficient (Wildman–Crippen LogP) is 3.64. The Bertz CT molecular complexity index is 858. The van der Waals surface area contributed by atoms with Crippen LogP contribution in [-0.2, 0) is 0 Å². The van der Waals surface area contributed by atoms with Crippen molar-refractivity contribution < 1.29 is 4.79 Å². The molecule has 0 aliphatic heterocycles. The molecule has 0 bridgehead atoms. The molecule has 0 saturated heterocycles. The van der Waals surface area contributed by atoms with Crippen LogP contribution in [0.2, 0.25) is 5.02 Å². The first-order valence-corrected chi connectivity index (χ1v) is 7.06. The molecule has 1 aromatic carbocycles. The minimum Gasteiger partial charge on any atom is -0.308 e. The zero-order valence-electron chi connectivity index (χ0n) is 12.1. The van der Waals surface area contributed by atoms with Crippen molar-refractivity contribution in [2.75, 3.05) is 10.6 Å². The molecular weight excluding hydrogens is 302 g/mol. The summed E-state index contributed by atoms with van der Waals surface area (Å²) in [7, 11) is 0. The largest absolute Gasteiger partial charge is 0.323 e. The van der Waals surface area contributed by atoms with E-state index in [0.717, 1.165) is 11.2 Å². The van der Waals surface area contributed by atoms with Gasteiger partial charge in [0.15, 0.2) is 5.65 Å². The second kappa shape index (κ2) is 5.65. The summed E-state index contributed by atoms with van der Waals surface area (Å²) in [6, 6.07) is 8.46. The number of aromatic nitrogens is 3. The monoisotopic (exact) mass is 315 g/mol. The van der Waals surface area contributed by atoms with Gasteiger partial charge in [0.05, 0.1) is 11.9 Å². The third-order valence-electron chi connectivity index (χ3n) is 3.06. The van der Waals surface area contributed by atoms with Crippen LogP contribution in [0.4, 0.5) is 16.2 Å². The number of hydrogen-bond acceptors (Lipinski definition) is 3. The van der Waals surface area contributed by atoms with E-state index in [1.54, 1.807) is 35.0 Å². The summed E-state index contributed by atoms with van der Waals surface area (Å²) in [6.45, 7) is 3.74. The topological polar surface area (TPSA) is 71.3 Å². The van der Waals surface area contributed by atoms with E-state index in [0.29, 0.717) is 22.2 Å². The maximum absolute atomic E-state index is 12.0. The Kier molecular flexibility index (Phi) is 3.68. The molecule has 0 aliphatic rings. The normalized spacial score (nSPS) is 10.7. The Morgan fingerprint density at radius 2 is 1.95 bits per heavy atom. The number of fused-ring (bicyclic) bond motifs is 1. The molecule has 2 aromatic heterocycles. The molecule has 3 rings (SSSR count). The van der Waals surface area contributed by atoms with Crippen LogP contribution in [0.1, 0.15) is 11.4 Å². The molecule has 0 fully saturated rings. The highest BCUT2D eigenvalue weighted by Gasteiger charge is 2.08. The standard InChI is InChI=1S/C15H14ClN5O/c1-9-6-13(8-21-14(9)17-10(2)20-21)19-15(22)18-12-5-3-4-11(16)7-12/h3-8H,1-2H3,(H2,18,19,22). The van der Waals surface area contributed by atoms with Crippen molar-refractivity contribution in [1.29, 1.82) is 0 Å². The third kappa shape index (κ3) is 3.01. The van der Waals surface area contributed by atoms with Crippen molar-refractivity contribution in [2.45, 2.75) is 13.8 Å². The van der Waals surface area contributed by atoms with Crippen LogP contribution in [0.25, 0.3) is 5.65 Å². The van der Waals surface area contributed by atoms with Crippen LogP contribution in [0.5, 0.6) is 0 Å². The number of nitrogens with zero attached hydrogens (tertiary/aromatic N) is 3. The second-order valence-electron chi connectivity index (χ2n) is 4.93. The van der Waals surface area contributed by atoms with Crippen molar-refractivity contribution >= 4 is 34.7 Å². The molecule has 0 spiro atoms. The molecule has 112 valence electrons. The third-order valence-corrected chi connectivity index (χ3v) is 3.30. The second-order valence-corrected chi connectivity index (χ2v) is 5.36. The lowest BCUT2D eigenvalue weighted by atomic mass is 10.3.